The number of aliphatic hydroxyl groups excluding tert-OH is 1. The second-order valence-corrected chi connectivity index (χ2v) is 13.2. The van der Waals surface area contributed by atoms with Gasteiger partial charge in [-0.25, -0.2) is 4.57 Å². The van der Waals surface area contributed by atoms with Crippen molar-refractivity contribution in [2.45, 2.75) is 161 Å². The van der Waals surface area contributed by atoms with Crippen LogP contribution in [-0.2, 0) is 18.4 Å². The molecule has 258 valence electrons. The SMILES string of the molecule is CCCCC/C=C\C/C=C\CCCCCCCC(=O)NC(COP(=O)(O)OCCN)C(O)/C=C/CCCCCCCCCC. The zero-order valence-electron chi connectivity index (χ0n) is 28.1. The molecule has 0 bridgehead atoms. The summed E-state index contributed by atoms with van der Waals surface area (Å²) in [7, 11) is -4.33. The van der Waals surface area contributed by atoms with E-state index < -0.39 is 20.0 Å². The van der Waals surface area contributed by atoms with E-state index in [0.29, 0.717) is 6.42 Å². The molecule has 0 saturated carbocycles. The molecule has 0 aliphatic heterocycles. The number of nitrogens with one attached hydrogen (secondary N) is 1. The van der Waals surface area contributed by atoms with Gasteiger partial charge in [0.05, 0.1) is 25.4 Å². The highest BCUT2D eigenvalue weighted by Gasteiger charge is 2.26. The first-order valence-electron chi connectivity index (χ1n) is 17.6. The summed E-state index contributed by atoms with van der Waals surface area (Å²) in [6.07, 6.45) is 34.7. The molecule has 0 aromatic carbocycles. The van der Waals surface area contributed by atoms with Crippen LogP contribution in [0.15, 0.2) is 36.5 Å². The van der Waals surface area contributed by atoms with Gasteiger partial charge in [0, 0.05) is 13.0 Å². The lowest BCUT2D eigenvalue weighted by molar-refractivity contribution is -0.123. The van der Waals surface area contributed by atoms with Crippen molar-refractivity contribution in [2.24, 2.45) is 5.73 Å². The molecule has 0 aliphatic rings. The molecule has 0 saturated heterocycles. The van der Waals surface area contributed by atoms with Gasteiger partial charge in [0.15, 0.2) is 0 Å². The van der Waals surface area contributed by atoms with Gasteiger partial charge in [-0.05, 0) is 51.4 Å². The Kier molecular flexibility index (Phi) is 30.8. The van der Waals surface area contributed by atoms with Crippen molar-refractivity contribution in [3.05, 3.63) is 36.5 Å². The summed E-state index contributed by atoms with van der Waals surface area (Å²) in [5.41, 5.74) is 5.34. The number of hydrogen-bond donors (Lipinski definition) is 4. The fourth-order valence-corrected chi connectivity index (χ4v) is 5.51. The minimum absolute atomic E-state index is 0.0751. The zero-order chi connectivity index (χ0) is 32.6. The molecule has 0 aromatic rings. The molecular formula is C35H67N2O6P. The van der Waals surface area contributed by atoms with Crippen LogP contribution in [0.1, 0.15) is 149 Å². The Morgan fingerprint density at radius 3 is 1.84 bits per heavy atom. The van der Waals surface area contributed by atoms with Crippen molar-refractivity contribution < 1.29 is 28.4 Å². The quantitative estimate of drug-likeness (QED) is 0.0328. The number of hydrogen-bond acceptors (Lipinski definition) is 6. The van der Waals surface area contributed by atoms with E-state index in [0.717, 1.165) is 64.2 Å². The molecule has 3 atom stereocenters. The number of phosphoric ester groups is 1. The summed E-state index contributed by atoms with van der Waals surface area (Å²) < 4.78 is 21.9. The van der Waals surface area contributed by atoms with Gasteiger partial charge in [0.1, 0.15) is 0 Å². The highest BCUT2D eigenvalue weighted by molar-refractivity contribution is 7.47. The van der Waals surface area contributed by atoms with E-state index in [1.807, 2.05) is 6.08 Å². The van der Waals surface area contributed by atoms with E-state index in [4.69, 9.17) is 14.8 Å². The van der Waals surface area contributed by atoms with E-state index in [-0.39, 0.29) is 25.7 Å². The number of aliphatic hydroxyl groups is 1. The van der Waals surface area contributed by atoms with Gasteiger partial charge >= 0.3 is 7.82 Å². The van der Waals surface area contributed by atoms with Gasteiger partial charge in [-0.2, -0.15) is 0 Å². The Morgan fingerprint density at radius 2 is 1.25 bits per heavy atom. The molecule has 0 aromatic heterocycles. The normalized spacial score (nSPS) is 14.9. The molecule has 3 unspecified atom stereocenters. The molecule has 8 nitrogen and oxygen atoms in total. The maximum Gasteiger partial charge on any atom is 0.472 e. The van der Waals surface area contributed by atoms with Crippen LogP contribution in [0.5, 0.6) is 0 Å². The number of amides is 1. The first-order valence-corrected chi connectivity index (χ1v) is 19.1. The summed E-state index contributed by atoms with van der Waals surface area (Å²) in [4.78, 5) is 22.5. The number of unbranched alkanes of at least 4 members (excludes halogenated alkanes) is 16. The van der Waals surface area contributed by atoms with Crippen LogP contribution in [-0.4, -0.2) is 47.8 Å². The highest BCUT2D eigenvalue weighted by atomic mass is 31.2. The molecule has 9 heteroatoms. The number of rotatable bonds is 32. The van der Waals surface area contributed by atoms with E-state index in [1.54, 1.807) is 6.08 Å². The summed E-state index contributed by atoms with van der Waals surface area (Å²) >= 11 is 0. The topological polar surface area (TPSA) is 131 Å². The molecule has 5 N–H and O–H groups in total. The minimum Gasteiger partial charge on any atom is -0.387 e. The van der Waals surface area contributed by atoms with Gasteiger partial charge in [-0.1, -0.05) is 127 Å². The standard InChI is InChI=1S/C35H67N2O6P/c1-3-5-7-9-11-13-15-16-17-18-19-21-23-25-27-29-35(39)37-33(32-43-44(40,41)42-31-30-36)34(38)28-26-24-22-20-14-12-10-8-6-4-2/h11,13,16-17,26,28,33-34,38H,3-10,12,14-15,18-25,27,29-32,36H2,1-2H3,(H,37,39)(H,40,41)/b13-11-,17-16-,28-26+. The third-order valence-corrected chi connectivity index (χ3v) is 8.44. The summed E-state index contributed by atoms with van der Waals surface area (Å²) in [6.45, 7) is 4.04. The van der Waals surface area contributed by atoms with Crippen LogP contribution in [0.25, 0.3) is 0 Å². The van der Waals surface area contributed by atoms with Crippen LogP contribution in [0, 0.1) is 0 Å². The Balaban J connectivity index is 4.38. The van der Waals surface area contributed by atoms with Crippen molar-refractivity contribution in [2.75, 3.05) is 19.8 Å². The lowest BCUT2D eigenvalue weighted by Gasteiger charge is -2.23. The van der Waals surface area contributed by atoms with Gasteiger partial charge < -0.3 is 21.1 Å². The lowest BCUT2D eigenvalue weighted by atomic mass is 10.1. The first-order chi connectivity index (χ1) is 21.4. The fourth-order valence-electron chi connectivity index (χ4n) is 4.75. The van der Waals surface area contributed by atoms with Crippen LogP contribution >= 0.6 is 7.82 Å². The summed E-state index contributed by atoms with van der Waals surface area (Å²) in [5, 5.41) is 13.5. The largest absolute Gasteiger partial charge is 0.472 e. The van der Waals surface area contributed by atoms with Crippen LogP contribution in [0.2, 0.25) is 0 Å². The Bertz CT molecular complexity index is 789. The predicted octanol–water partition coefficient (Wildman–Crippen LogP) is 8.82. The average molecular weight is 643 g/mol. The molecule has 0 spiro atoms. The maximum atomic E-state index is 12.6. The van der Waals surface area contributed by atoms with E-state index in [2.05, 4.69) is 43.5 Å². The van der Waals surface area contributed by atoms with Crippen molar-refractivity contribution in [1.29, 1.82) is 0 Å². The van der Waals surface area contributed by atoms with Crippen molar-refractivity contribution in [1.82, 2.24) is 5.32 Å². The van der Waals surface area contributed by atoms with Crippen LogP contribution < -0.4 is 11.1 Å². The molecular weight excluding hydrogens is 575 g/mol. The second-order valence-electron chi connectivity index (χ2n) is 11.7. The molecule has 0 aliphatic carbocycles. The average Bonchev–Trinajstić information content (AvgIpc) is 3.01. The molecule has 0 radical (unpaired) electrons. The van der Waals surface area contributed by atoms with E-state index in [9.17, 15) is 19.4 Å². The number of allylic oxidation sites excluding steroid dienone is 5. The second kappa shape index (κ2) is 31.7. The van der Waals surface area contributed by atoms with Crippen molar-refractivity contribution in [3.63, 3.8) is 0 Å². The lowest BCUT2D eigenvalue weighted by Crippen LogP contribution is -2.45. The highest BCUT2D eigenvalue weighted by Crippen LogP contribution is 2.43. The zero-order valence-corrected chi connectivity index (χ0v) is 29.0. The van der Waals surface area contributed by atoms with Gasteiger partial charge in [-0.15, -0.1) is 0 Å². The van der Waals surface area contributed by atoms with Gasteiger partial charge in [0.25, 0.3) is 0 Å². The summed E-state index contributed by atoms with van der Waals surface area (Å²) in [6, 6.07) is -0.864. The number of carbonyl (C=O) groups is 1. The molecule has 0 rings (SSSR count). The Labute approximate surface area is 269 Å². The van der Waals surface area contributed by atoms with E-state index >= 15 is 0 Å². The fraction of sp³-hybridized carbons (Fsp3) is 0.800. The number of phosphoric acid groups is 1. The van der Waals surface area contributed by atoms with Gasteiger partial charge in [-0.3, -0.25) is 13.8 Å². The third-order valence-electron chi connectivity index (χ3n) is 7.46. The van der Waals surface area contributed by atoms with Crippen LogP contribution in [0.4, 0.5) is 0 Å². The van der Waals surface area contributed by atoms with Gasteiger partial charge in [0.2, 0.25) is 5.91 Å². The van der Waals surface area contributed by atoms with Crippen LogP contribution in [0.3, 0.4) is 0 Å². The third kappa shape index (κ3) is 29.4. The first kappa shape index (κ1) is 42.7. The predicted molar refractivity (Wildman–Crippen MR) is 184 cm³/mol. The van der Waals surface area contributed by atoms with Crippen molar-refractivity contribution >= 4 is 13.7 Å². The minimum atomic E-state index is -4.33. The molecule has 0 heterocycles. The Morgan fingerprint density at radius 1 is 0.750 bits per heavy atom. The molecule has 44 heavy (non-hydrogen) atoms. The number of carbonyl (C=O) groups excluding carboxylic acids is 1. The molecule has 1 amide bonds. The molecule has 0 fully saturated rings. The van der Waals surface area contributed by atoms with E-state index in [1.165, 1.54) is 64.2 Å². The monoisotopic (exact) mass is 642 g/mol. The maximum absolute atomic E-state index is 12.6. The van der Waals surface area contributed by atoms with Crippen molar-refractivity contribution in [3.8, 4) is 0 Å². The Hall–Kier alpha value is -1.28. The number of nitrogens with two attached hydrogens (primary N) is 1. The summed E-state index contributed by atoms with van der Waals surface area (Å²) in [5.74, 6) is -0.213. The smallest absolute Gasteiger partial charge is 0.387 e.